The standard InChI is InChI=1S/C23H30N2O7S/c1-29-18-6-5-7-19(16-18)30-13-12-24-23(26)8-3-2-4-11-25-33(27,28)20-9-10-21-22(17-20)32-15-14-31-21/h5-7,9-10,16-17,25H,2-4,8,11-15H2,1H3,(H,24,26). The highest BCUT2D eigenvalue weighted by Gasteiger charge is 2.18. The number of hydrogen-bond donors (Lipinski definition) is 2. The Morgan fingerprint density at radius 2 is 1.76 bits per heavy atom. The lowest BCUT2D eigenvalue weighted by atomic mass is 10.2. The zero-order chi connectivity index (χ0) is 23.5. The molecule has 0 spiro atoms. The van der Waals surface area contributed by atoms with Gasteiger partial charge < -0.3 is 24.3 Å². The summed E-state index contributed by atoms with van der Waals surface area (Å²) in [5, 5.41) is 2.81. The lowest BCUT2D eigenvalue weighted by Gasteiger charge is -2.18. The molecule has 0 aliphatic carbocycles. The van der Waals surface area contributed by atoms with Crippen molar-refractivity contribution < 1.29 is 32.2 Å². The second-order valence-electron chi connectivity index (χ2n) is 7.39. The normalized spacial score (nSPS) is 12.8. The van der Waals surface area contributed by atoms with E-state index >= 15 is 0 Å². The van der Waals surface area contributed by atoms with Gasteiger partial charge in [0.2, 0.25) is 15.9 Å². The zero-order valence-corrected chi connectivity index (χ0v) is 19.5. The van der Waals surface area contributed by atoms with E-state index in [-0.39, 0.29) is 10.8 Å². The van der Waals surface area contributed by atoms with Crippen LogP contribution in [0.2, 0.25) is 0 Å². The predicted octanol–water partition coefficient (Wildman–Crippen LogP) is 2.50. The Balaban J connectivity index is 1.26. The van der Waals surface area contributed by atoms with Gasteiger partial charge in [0, 0.05) is 25.1 Å². The van der Waals surface area contributed by atoms with Crippen LogP contribution in [0, 0.1) is 0 Å². The van der Waals surface area contributed by atoms with E-state index in [4.69, 9.17) is 18.9 Å². The van der Waals surface area contributed by atoms with E-state index in [0.717, 1.165) is 6.42 Å². The third-order valence-corrected chi connectivity index (χ3v) is 6.39. The number of carbonyl (C=O) groups is 1. The summed E-state index contributed by atoms with van der Waals surface area (Å²) in [6, 6.07) is 11.8. The van der Waals surface area contributed by atoms with Crippen molar-refractivity contribution >= 4 is 15.9 Å². The molecule has 1 aliphatic rings. The number of nitrogens with one attached hydrogen (secondary N) is 2. The molecule has 1 amide bonds. The Morgan fingerprint density at radius 3 is 2.58 bits per heavy atom. The molecule has 2 N–H and O–H groups in total. The van der Waals surface area contributed by atoms with Crippen LogP contribution in [0.25, 0.3) is 0 Å². The number of hydrogen-bond acceptors (Lipinski definition) is 7. The first kappa shape index (κ1) is 24.7. The van der Waals surface area contributed by atoms with Gasteiger partial charge in [-0.1, -0.05) is 12.5 Å². The van der Waals surface area contributed by atoms with Gasteiger partial charge in [0.05, 0.1) is 18.6 Å². The van der Waals surface area contributed by atoms with Crippen molar-refractivity contribution in [1.82, 2.24) is 10.0 Å². The van der Waals surface area contributed by atoms with Crippen molar-refractivity contribution in [2.75, 3.05) is 40.0 Å². The Bertz CT molecular complexity index is 1030. The maximum Gasteiger partial charge on any atom is 0.240 e. The SMILES string of the molecule is COc1cccc(OCCNC(=O)CCCCCNS(=O)(=O)c2ccc3c(c2)OCCO3)c1. The molecule has 10 heteroatoms. The molecular formula is C23H30N2O7S. The molecule has 0 saturated carbocycles. The molecule has 0 bridgehead atoms. The average Bonchev–Trinajstić information content (AvgIpc) is 2.83. The van der Waals surface area contributed by atoms with E-state index < -0.39 is 10.0 Å². The number of methoxy groups -OCH3 is 1. The number of rotatable bonds is 13. The van der Waals surface area contributed by atoms with Crippen LogP contribution in [0.5, 0.6) is 23.0 Å². The maximum atomic E-state index is 12.5. The molecule has 0 atom stereocenters. The van der Waals surface area contributed by atoms with Crippen molar-refractivity contribution in [2.45, 2.75) is 30.6 Å². The van der Waals surface area contributed by atoms with E-state index in [1.807, 2.05) is 18.2 Å². The molecule has 0 unspecified atom stereocenters. The minimum atomic E-state index is -3.63. The van der Waals surface area contributed by atoms with Crippen LogP contribution in [-0.2, 0) is 14.8 Å². The summed E-state index contributed by atoms with van der Waals surface area (Å²) >= 11 is 0. The van der Waals surface area contributed by atoms with Crippen LogP contribution in [0.3, 0.4) is 0 Å². The molecule has 3 rings (SSSR count). The van der Waals surface area contributed by atoms with Crippen LogP contribution < -0.4 is 29.0 Å². The predicted molar refractivity (Wildman–Crippen MR) is 123 cm³/mol. The molecule has 1 heterocycles. The van der Waals surface area contributed by atoms with Crippen LogP contribution >= 0.6 is 0 Å². The second-order valence-corrected chi connectivity index (χ2v) is 9.16. The molecule has 1 aliphatic heterocycles. The minimum Gasteiger partial charge on any atom is -0.497 e. The largest absolute Gasteiger partial charge is 0.497 e. The van der Waals surface area contributed by atoms with Crippen LogP contribution in [-0.4, -0.2) is 54.3 Å². The van der Waals surface area contributed by atoms with Crippen LogP contribution in [0.1, 0.15) is 25.7 Å². The summed E-state index contributed by atoms with van der Waals surface area (Å²) in [7, 11) is -2.03. The first-order valence-electron chi connectivity index (χ1n) is 10.9. The third-order valence-electron chi connectivity index (χ3n) is 4.93. The summed E-state index contributed by atoms with van der Waals surface area (Å²) in [5.74, 6) is 2.32. The van der Waals surface area contributed by atoms with Crippen molar-refractivity contribution in [2.24, 2.45) is 0 Å². The van der Waals surface area contributed by atoms with Crippen molar-refractivity contribution in [3.05, 3.63) is 42.5 Å². The van der Waals surface area contributed by atoms with Gasteiger partial charge in [-0.25, -0.2) is 13.1 Å². The van der Waals surface area contributed by atoms with Gasteiger partial charge >= 0.3 is 0 Å². The van der Waals surface area contributed by atoms with Gasteiger partial charge in [0.25, 0.3) is 0 Å². The number of amides is 1. The molecule has 0 aromatic heterocycles. The van der Waals surface area contributed by atoms with E-state index in [2.05, 4.69) is 10.0 Å². The molecule has 0 fully saturated rings. The van der Waals surface area contributed by atoms with Crippen LogP contribution in [0.15, 0.2) is 47.4 Å². The maximum absolute atomic E-state index is 12.5. The lowest BCUT2D eigenvalue weighted by molar-refractivity contribution is -0.121. The fourth-order valence-electron chi connectivity index (χ4n) is 3.21. The second kappa shape index (κ2) is 12.3. The molecule has 2 aromatic carbocycles. The Hall–Kier alpha value is -2.98. The Morgan fingerprint density at radius 1 is 0.970 bits per heavy atom. The Labute approximate surface area is 194 Å². The fourth-order valence-corrected chi connectivity index (χ4v) is 4.30. The van der Waals surface area contributed by atoms with Gasteiger partial charge in [-0.15, -0.1) is 0 Å². The van der Waals surface area contributed by atoms with Gasteiger partial charge in [0.1, 0.15) is 31.3 Å². The van der Waals surface area contributed by atoms with Crippen molar-refractivity contribution in [3.8, 4) is 23.0 Å². The Kier molecular flexibility index (Phi) is 9.20. The molecule has 0 radical (unpaired) electrons. The average molecular weight is 479 g/mol. The highest BCUT2D eigenvalue weighted by molar-refractivity contribution is 7.89. The van der Waals surface area contributed by atoms with E-state index in [0.29, 0.717) is 75.2 Å². The van der Waals surface area contributed by atoms with Crippen molar-refractivity contribution in [1.29, 1.82) is 0 Å². The molecule has 0 saturated heterocycles. The highest BCUT2D eigenvalue weighted by atomic mass is 32.2. The van der Waals surface area contributed by atoms with E-state index in [1.54, 1.807) is 19.2 Å². The number of benzene rings is 2. The first-order valence-corrected chi connectivity index (χ1v) is 12.4. The van der Waals surface area contributed by atoms with Crippen LogP contribution in [0.4, 0.5) is 0 Å². The smallest absolute Gasteiger partial charge is 0.240 e. The van der Waals surface area contributed by atoms with Crippen molar-refractivity contribution in [3.63, 3.8) is 0 Å². The monoisotopic (exact) mass is 478 g/mol. The number of ether oxygens (including phenoxy) is 4. The van der Waals surface area contributed by atoms with Gasteiger partial charge in [-0.05, 0) is 37.1 Å². The minimum absolute atomic E-state index is 0.0545. The summed E-state index contributed by atoms with van der Waals surface area (Å²) in [6.07, 6.45) is 2.43. The summed E-state index contributed by atoms with van der Waals surface area (Å²) in [4.78, 5) is 12.1. The highest BCUT2D eigenvalue weighted by Crippen LogP contribution is 2.32. The number of carbonyl (C=O) groups excluding carboxylic acids is 1. The summed E-state index contributed by atoms with van der Waals surface area (Å²) in [5.41, 5.74) is 0. The summed E-state index contributed by atoms with van der Waals surface area (Å²) < 4.78 is 49.1. The molecule has 180 valence electrons. The fraction of sp³-hybridized carbons (Fsp3) is 0.435. The summed E-state index contributed by atoms with van der Waals surface area (Å²) in [6.45, 7) is 1.91. The van der Waals surface area contributed by atoms with Gasteiger partial charge in [-0.3, -0.25) is 4.79 Å². The topological polar surface area (TPSA) is 112 Å². The number of fused-ring (bicyclic) bond motifs is 1. The quantitative estimate of drug-likeness (QED) is 0.426. The molecule has 2 aromatic rings. The first-order chi connectivity index (χ1) is 16.0. The van der Waals surface area contributed by atoms with Gasteiger partial charge in [-0.2, -0.15) is 0 Å². The zero-order valence-electron chi connectivity index (χ0n) is 18.7. The third kappa shape index (κ3) is 7.83. The van der Waals surface area contributed by atoms with E-state index in [9.17, 15) is 13.2 Å². The molecule has 33 heavy (non-hydrogen) atoms. The van der Waals surface area contributed by atoms with E-state index in [1.165, 1.54) is 12.1 Å². The van der Waals surface area contributed by atoms with Gasteiger partial charge in [0.15, 0.2) is 11.5 Å². The molecule has 9 nitrogen and oxygen atoms in total. The number of sulfonamides is 1. The lowest BCUT2D eigenvalue weighted by Crippen LogP contribution is -2.28. The molecular weight excluding hydrogens is 448 g/mol. The number of unbranched alkanes of at least 4 members (excludes halogenated alkanes) is 2.